The lowest BCUT2D eigenvalue weighted by Crippen LogP contribution is -2.08. The van der Waals surface area contributed by atoms with Gasteiger partial charge in [-0.15, -0.1) is 0 Å². The standard InChI is InChI=1S/C12H13BrN4/c1-14-6-9-7-17-11-5-8(13)3-4-10(11)15-12(17)16(9)2/h3-5,7,14H,6H2,1-2H3. The van der Waals surface area contributed by atoms with Crippen molar-refractivity contribution in [3.05, 3.63) is 34.6 Å². The number of rotatable bonds is 2. The second-order valence-corrected chi connectivity index (χ2v) is 5.04. The summed E-state index contributed by atoms with van der Waals surface area (Å²) in [6.45, 7) is 0.843. The fraction of sp³-hybridized carbons (Fsp3) is 0.250. The van der Waals surface area contributed by atoms with Crippen LogP contribution in [0.1, 0.15) is 5.69 Å². The van der Waals surface area contributed by atoms with Gasteiger partial charge in [-0.05, 0) is 25.2 Å². The van der Waals surface area contributed by atoms with Crippen molar-refractivity contribution < 1.29 is 0 Å². The second kappa shape index (κ2) is 3.85. The van der Waals surface area contributed by atoms with Crippen LogP contribution in [-0.4, -0.2) is 21.0 Å². The minimum Gasteiger partial charge on any atom is -0.316 e. The quantitative estimate of drug-likeness (QED) is 0.787. The van der Waals surface area contributed by atoms with Crippen molar-refractivity contribution in [1.82, 2.24) is 19.3 Å². The van der Waals surface area contributed by atoms with Crippen molar-refractivity contribution in [2.75, 3.05) is 7.05 Å². The summed E-state index contributed by atoms with van der Waals surface area (Å²) in [5, 5.41) is 3.16. The summed E-state index contributed by atoms with van der Waals surface area (Å²) in [6.07, 6.45) is 2.13. The number of imidazole rings is 2. The van der Waals surface area contributed by atoms with Gasteiger partial charge in [-0.1, -0.05) is 15.9 Å². The van der Waals surface area contributed by atoms with Crippen molar-refractivity contribution in [1.29, 1.82) is 0 Å². The predicted molar refractivity (Wildman–Crippen MR) is 72.1 cm³/mol. The molecule has 0 bridgehead atoms. The monoisotopic (exact) mass is 292 g/mol. The Morgan fingerprint density at radius 1 is 1.41 bits per heavy atom. The fourth-order valence-corrected chi connectivity index (χ4v) is 2.48. The third-order valence-electron chi connectivity index (χ3n) is 3.00. The van der Waals surface area contributed by atoms with Crippen LogP contribution in [0.4, 0.5) is 0 Å². The lowest BCUT2D eigenvalue weighted by Gasteiger charge is -1.99. The molecule has 2 aromatic heterocycles. The Morgan fingerprint density at radius 3 is 3.00 bits per heavy atom. The van der Waals surface area contributed by atoms with Crippen molar-refractivity contribution >= 4 is 32.7 Å². The maximum absolute atomic E-state index is 4.64. The maximum Gasteiger partial charge on any atom is 0.214 e. The van der Waals surface area contributed by atoms with E-state index in [-0.39, 0.29) is 0 Å². The molecule has 0 aliphatic carbocycles. The maximum atomic E-state index is 4.64. The normalized spacial score (nSPS) is 11.7. The number of nitrogens with zero attached hydrogens (tertiary/aromatic N) is 3. The van der Waals surface area contributed by atoms with E-state index in [1.807, 2.05) is 26.2 Å². The molecular weight excluding hydrogens is 280 g/mol. The molecule has 4 nitrogen and oxygen atoms in total. The van der Waals surface area contributed by atoms with Gasteiger partial charge in [0.1, 0.15) is 0 Å². The SMILES string of the molecule is CNCc1cn2c3cc(Br)ccc3nc2n1C. The summed E-state index contributed by atoms with van der Waals surface area (Å²) >= 11 is 3.50. The van der Waals surface area contributed by atoms with Crippen LogP contribution < -0.4 is 5.32 Å². The van der Waals surface area contributed by atoms with Crippen molar-refractivity contribution in [3.63, 3.8) is 0 Å². The highest BCUT2D eigenvalue weighted by atomic mass is 79.9. The largest absolute Gasteiger partial charge is 0.316 e. The number of hydrogen-bond donors (Lipinski definition) is 1. The number of fused-ring (bicyclic) bond motifs is 3. The number of halogens is 1. The molecule has 2 heterocycles. The van der Waals surface area contributed by atoms with Gasteiger partial charge in [0.05, 0.1) is 16.7 Å². The third kappa shape index (κ3) is 1.57. The van der Waals surface area contributed by atoms with Crippen molar-refractivity contribution in [3.8, 4) is 0 Å². The summed E-state index contributed by atoms with van der Waals surface area (Å²) in [4.78, 5) is 4.64. The van der Waals surface area contributed by atoms with Crippen LogP contribution in [0.5, 0.6) is 0 Å². The molecule has 5 heteroatoms. The lowest BCUT2D eigenvalue weighted by atomic mass is 10.3. The fourth-order valence-electron chi connectivity index (χ4n) is 2.13. The lowest BCUT2D eigenvalue weighted by molar-refractivity contribution is 0.742. The molecule has 0 fully saturated rings. The topological polar surface area (TPSA) is 34.3 Å². The van der Waals surface area contributed by atoms with E-state index >= 15 is 0 Å². The number of benzene rings is 1. The molecule has 0 amide bonds. The minimum atomic E-state index is 0.843. The molecule has 0 aliphatic rings. The first-order chi connectivity index (χ1) is 8.20. The molecular formula is C12H13BrN4. The summed E-state index contributed by atoms with van der Waals surface area (Å²) in [6, 6.07) is 6.14. The molecule has 0 unspecified atom stereocenters. The first-order valence-electron chi connectivity index (χ1n) is 5.47. The van der Waals surface area contributed by atoms with E-state index in [0.29, 0.717) is 0 Å². The van der Waals surface area contributed by atoms with Gasteiger partial charge in [0, 0.05) is 24.3 Å². The molecule has 17 heavy (non-hydrogen) atoms. The van der Waals surface area contributed by atoms with E-state index in [0.717, 1.165) is 27.8 Å². The predicted octanol–water partition coefficient (Wildman–Crippen LogP) is 2.31. The van der Waals surface area contributed by atoms with Crippen LogP contribution in [0.3, 0.4) is 0 Å². The average molecular weight is 293 g/mol. The zero-order chi connectivity index (χ0) is 12.0. The van der Waals surface area contributed by atoms with Gasteiger partial charge >= 0.3 is 0 Å². The molecule has 3 rings (SSSR count). The summed E-state index contributed by atoms with van der Waals surface area (Å²) in [5.74, 6) is 0.975. The summed E-state index contributed by atoms with van der Waals surface area (Å²) < 4.78 is 5.32. The van der Waals surface area contributed by atoms with Crippen LogP contribution in [0, 0.1) is 0 Å². The van der Waals surface area contributed by atoms with Gasteiger partial charge in [-0.3, -0.25) is 4.40 Å². The molecule has 1 N–H and O–H groups in total. The zero-order valence-electron chi connectivity index (χ0n) is 9.74. The second-order valence-electron chi connectivity index (χ2n) is 4.12. The molecule has 0 atom stereocenters. The molecule has 1 aromatic carbocycles. The first kappa shape index (κ1) is 10.8. The van der Waals surface area contributed by atoms with Crippen molar-refractivity contribution in [2.45, 2.75) is 6.54 Å². The van der Waals surface area contributed by atoms with Crippen molar-refractivity contribution in [2.24, 2.45) is 7.05 Å². The zero-order valence-corrected chi connectivity index (χ0v) is 11.3. The van der Waals surface area contributed by atoms with Crippen LogP contribution in [0.15, 0.2) is 28.9 Å². The molecule has 0 spiro atoms. The Balaban J connectivity index is 2.34. The van der Waals surface area contributed by atoms with Crippen LogP contribution in [0.2, 0.25) is 0 Å². The van der Waals surface area contributed by atoms with Gasteiger partial charge in [-0.2, -0.15) is 0 Å². The van der Waals surface area contributed by atoms with E-state index in [9.17, 15) is 0 Å². The van der Waals surface area contributed by atoms with Gasteiger partial charge in [0.25, 0.3) is 0 Å². The molecule has 3 aromatic rings. The van der Waals surface area contributed by atoms with E-state index in [1.54, 1.807) is 0 Å². The highest BCUT2D eigenvalue weighted by Crippen LogP contribution is 2.22. The molecule has 0 saturated heterocycles. The number of hydrogen-bond acceptors (Lipinski definition) is 2. The Kier molecular flexibility index (Phi) is 2.45. The van der Waals surface area contributed by atoms with Crippen LogP contribution >= 0.6 is 15.9 Å². The Labute approximate surface area is 107 Å². The molecule has 0 aliphatic heterocycles. The van der Waals surface area contributed by atoms with Gasteiger partial charge in [0.15, 0.2) is 0 Å². The average Bonchev–Trinajstić information content (AvgIpc) is 2.79. The molecule has 88 valence electrons. The smallest absolute Gasteiger partial charge is 0.214 e. The highest BCUT2D eigenvalue weighted by Gasteiger charge is 2.11. The van der Waals surface area contributed by atoms with E-state index < -0.39 is 0 Å². The van der Waals surface area contributed by atoms with Gasteiger partial charge < -0.3 is 9.88 Å². The Hall–Kier alpha value is -1.33. The van der Waals surface area contributed by atoms with E-state index in [4.69, 9.17) is 0 Å². The summed E-state index contributed by atoms with van der Waals surface area (Å²) in [5.41, 5.74) is 3.37. The highest BCUT2D eigenvalue weighted by molar-refractivity contribution is 9.10. The number of aryl methyl sites for hydroxylation is 1. The molecule has 0 radical (unpaired) electrons. The Bertz CT molecular complexity index is 695. The van der Waals surface area contributed by atoms with E-state index in [2.05, 4.69) is 47.5 Å². The van der Waals surface area contributed by atoms with Gasteiger partial charge in [-0.25, -0.2) is 4.98 Å². The van der Waals surface area contributed by atoms with Crippen LogP contribution in [-0.2, 0) is 13.6 Å². The third-order valence-corrected chi connectivity index (χ3v) is 3.49. The van der Waals surface area contributed by atoms with Crippen LogP contribution in [0.25, 0.3) is 16.8 Å². The first-order valence-corrected chi connectivity index (χ1v) is 6.26. The van der Waals surface area contributed by atoms with Gasteiger partial charge in [0.2, 0.25) is 5.78 Å². The van der Waals surface area contributed by atoms with E-state index in [1.165, 1.54) is 5.69 Å². The number of aromatic nitrogens is 3. The number of nitrogens with one attached hydrogen (secondary N) is 1. The minimum absolute atomic E-state index is 0.843. The summed E-state index contributed by atoms with van der Waals surface area (Å²) in [7, 11) is 3.99. The Morgan fingerprint density at radius 2 is 2.24 bits per heavy atom. The molecule has 0 saturated carbocycles.